The van der Waals surface area contributed by atoms with E-state index in [4.69, 9.17) is 0 Å². The van der Waals surface area contributed by atoms with Crippen LogP contribution in [0.25, 0.3) is 87.6 Å². The molecule has 0 atom stereocenters. The van der Waals surface area contributed by atoms with E-state index in [1.807, 2.05) is 0 Å². The van der Waals surface area contributed by atoms with E-state index in [0.717, 1.165) is 0 Å². The van der Waals surface area contributed by atoms with Gasteiger partial charge in [0.05, 0.1) is 10.8 Å². The largest absolute Gasteiger partial charge is 0.0713 e. The number of rotatable bonds is 6. The van der Waals surface area contributed by atoms with Crippen LogP contribution in [-0.2, 0) is 10.8 Å². The van der Waals surface area contributed by atoms with Gasteiger partial charge in [0.2, 0.25) is 0 Å². The van der Waals surface area contributed by atoms with E-state index in [9.17, 15) is 0 Å². The lowest BCUT2D eigenvalue weighted by Gasteiger charge is -2.42. The van der Waals surface area contributed by atoms with Crippen molar-refractivity contribution >= 4 is 43.1 Å². The quantitative estimate of drug-likeness (QED) is 0.146. The van der Waals surface area contributed by atoms with E-state index in [1.54, 1.807) is 0 Å². The molecule has 0 radical (unpaired) electrons. The van der Waals surface area contributed by atoms with Crippen molar-refractivity contribution in [3.05, 3.63) is 324 Å². The summed E-state index contributed by atoms with van der Waals surface area (Å²) in [6.45, 7) is 0. The lowest BCUT2D eigenvalue weighted by atomic mass is 9.59. The predicted molar refractivity (Wildman–Crippen MR) is 302 cm³/mol. The van der Waals surface area contributed by atoms with Crippen LogP contribution in [0.1, 0.15) is 44.5 Å². The third kappa shape index (κ3) is 5.52. The Hall–Kier alpha value is -9.10. The van der Waals surface area contributed by atoms with Crippen molar-refractivity contribution in [2.75, 3.05) is 0 Å². The highest BCUT2D eigenvalue weighted by Gasteiger charge is 2.46. The molecule has 13 aromatic carbocycles. The zero-order valence-electron chi connectivity index (χ0n) is 39.6. The topological polar surface area (TPSA) is 0 Å². The Bertz CT molecular complexity index is 4200. The molecule has 0 N–H and O–H groups in total. The van der Waals surface area contributed by atoms with E-state index in [2.05, 4.69) is 279 Å². The molecular weight excluding hydrogens is 865 g/mol. The SMILES string of the molecule is c1ccc(C2(c3ccccc3)c3ccccc3-c3ccc(-c4ccc(-c5cc6c7cccc8c7c(cc6c6ccccc56)-c5ccccc5C8(c5ccccc5)c5ccccc5)cc4)c4cccc2c34)cc1. The Labute approximate surface area is 419 Å². The van der Waals surface area contributed by atoms with Gasteiger partial charge in [-0.05, 0) is 144 Å². The summed E-state index contributed by atoms with van der Waals surface area (Å²) in [4.78, 5) is 0. The standard InChI is InChI=1S/C72H46/c1-5-21-49(22-6-1)71(50-23-7-2-8-24-50)65-35-17-15-31-56(65)60-44-43-53(58-33-19-37-67(71)69(58)60)47-39-41-48(42-40-47)61-45-63-59-34-20-38-68-70(59)64(46-62(63)55-30-14-13-29-54(55)61)57-32-16-18-36-66(57)72(68,51-25-9-3-10-26-51)52-27-11-4-12-28-52/h1-46H. The fourth-order valence-electron chi connectivity index (χ4n) is 13.6. The fraction of sp³-hybridized carbons (Fsp3) is 0.0278. The molecule has 0 spiro atoms. The van der Waals surface area contributed by atoms with Crippen LogP contribution >= 0.6 is 0 Å². The number of benzene rings is 13. The Morgan fingerprint density at radius 3 is 1.08 bits per heavy atom. The van der Waals surface area contributed by atoms with Gasteiger partial charge in [0.1, 0.15) is 0 Å². The van der Waals surface area contributed by atoms with Gasteiger partial charge in [0.15, 0.2) is 0 Å². The smallest absolute Gasteiger partial charge is 0.0622 e. The van der Waals surface area contributed by atoms with Crippen molar-refractivity contribution in [3.8, 4) is 44.5 Å². The second-order valence-electron chi connectivity index (χ2n) is 19.7. The second-order valence-corrected chi connectivity index (χ2v) is 19.7. The normalized spacial score (nSPS) is 13.8. The number of hydrogen-bond donors (Lipinski definition) is 0. The zero-order valence-corrected chi connectivity index (χ0v) is 39.6. The molecule has 2 aliphatic carbocycles. The first-order chi connectivity index (χ1) is 35.7. The molecule has 0 heterocycles. The van der Waals surface area contributed by atoms with Crippen molar-refractivity contribution in [1.29, 1.82) is 0 Å². The van der Waals surface area contributed by atoms with Crippen LogP contribution in [0.3, 0.4) is 0 Å². The Morgan fingerprint density at radius 2 is 0.542 bits per heavy atom. The minimum absolute atomic E-state index is 0.496. The molecule has 72 heavy (non-hydrogen) atoms. The van der Waals surface area contributed by atoms with Gasteiger partial charge in [-0.2, -0.15) is 0 Å². The second kappa shape index (κ2) is 15.7. The van der Waals surface area contributed by atoms with Crippen LogP contribution in [0.5, 0.6) is 0 Å². The monoisotopic (exact) mass is 910 g/mol. The van der Waals surface area contributed by atoms with Gasteiger partial charge < -0.3 is 0 Å². The summed E-state index contributed by atoms with van der Waals surface area (Å²) < 4.78 is 0. The molecule has 0 fully saturated rings. The summed E-state index contributed by atoms with van der Waals surface area (Å²) in [6.07, 6.45) is 0. The van der Waals surface area contributed by atoms with E-state index >= 15 is 0 Å². The highest BCUT2D eigenvalue weighted by Crippen LogP contribution is 2.58. The summed E-state index contributed by atoms with van der Waals surface area (Å²) in [5, 5.41) is 10.3. The molecule has 334 valence electrons. The lowest BCUT2D eigenvalue weighted by molar-refractivity contribution is 0.750. The molecule has 0 saturated heterocycles. The molecular formula is C72H46. The average molecular weight is 911 g/mol. The van der Waals surface area contributed by atoms with Crippen LogP contribution < -0.4 is 0 Å². The summed E-state index contributed by atoms with van der Waals surface area (Å²) in [6, 6.07) is 105. The third-order valence-corrected chi connectivity index (χ3v) is 16.4. The molecule has 0 amide bonds. The van der Waals surface area contributed by atoms with Crippen molar-refractivity contribution in [2.45, 2.75) is 10.8 Å². The molecule has 0 unspecified atom stereocenters. The number of fused-ring (bicyclic) bond motifs is 8. The summed E-state index contributed by atoms with van der Waals surface area (Å²) >= 11 is 0. The van der Waals surface area contributed by atoms with E-state index in [1.165, 1.54) is 132 Å². The van der Waals surface area contributed by atoms with Gasteiger partial charge in [0.25, 0.3) is 0 Å². The van der Waals surface area contributed by atoms with E-state index in [0.29, 0.717) is 0 Å². The molecule has 0 nitrogen and oxygen atoms in total. The van der Waals surface area contributed by atoms with E-state index < -0.39 is 10.8 Å². The van der Waals surface area contributed by atoms with Gasteiger partial charge in [-0.3, -0.25) is 0 Å². The highest BCUT2D eigenvalue weighted by molar-refractivity contribution is 6.25. The Balaban J connectivity index is 0.936. The molecule has 13 aromatic rings. The van der Waals surface area contributed by atoms with Crippen molar-refractivity contribution < 1.29 is 0 Å². The molecule has 0 aromatic heterocycles. The third-order valence-electron chi connectivity index (χ3n) is 16.4. The molecule has 0 heteroatoms. The van der Waals surface area contributed by atoms with Crippen LogP contribution in [0.15, 0.2) is 279 Å². The first kappa shape index (κ1) is 40.8. The van der Waals surface area contributed by atoms with Gasteiger partial charge in [0, 0.05) is 0 Å². The first-order valence-electron chi connectivity index (χ1n) is 25.2. The lowest BCUT2D eigenvalue weighted by Crippen LogP contribution is -2.33. The summed E-state index contributed by atoms with van der Waals surface area (Å²) in [5.41, 5.74) is 19.4. The minimum atomic E-state index is -0.509. The van der Waals surface area contributed by atoms with Crippen LogP contribution in [0.2, 0.25) is 0 Å². The maximum absolute atomic E-state index is 2.50. The van der Waals surface area contributed by atoms with Gasteiger partial charge in [-0.15, -0.1) is 0 Å². The zero-order chi connectivity index (χ0) is 47.4. The van der Waals surface area contributed by atoms with Gasteiger partial charge >= 0.3 is 0 Å². The van der Waals surface area contributed by atoms with Crippen LogP contribution in [0, 0.1) is 0 Å². The summed E-state index contributed by atoms with van der Waals surface area (Å²) in [7, 11) is 0. The maximum atomic E-state index is 2.50. The van der Waals surface area contributed by atoms with Crippen molar-refractivity contribution in [2.24, 2.45) is 0 Å². The van der Waals surface area contributed by atoms with Crippen molar-refractivity contribution in [1.82, 2.24) is 0 Å². The molecule has 15 rings (SSSR count). The first-order valence-corrected chi connectivity index (χ1v) is 25.2. The Kier molecular flexibility index (Phi) is 8.89. The number of hydrogen-bond acceptors (Lipinski definition) is 0. The average Bonchev–Trinajstić information content (AvgIpc) is 3.47. The molecule has 0 saturated carbocycles. The van der Waals surface area contributed by atoms with Gasteiger partial charge in [-0.25, -0.2) is 0 Å². The maximum Gasteiger partial charge on any atom is 0.0713 e. The van der Waals surface area contributed by atoms with Gasteiger partial charge in [-0.1, -0.05) is 267 Å². The minimum Gasteiger partial charge on any atom is -0.0622 e. The summed E-state index contributed by atoms with van der Waals surface area (Å²) in [5.74, 6) is 0. The predicted octanol–water partition coefficient (Wildman–Crippen LogP) is 18.4. The van der Waals surface area contributed by atoms with Crippen LogP contribution in [-0.4, -0.2) is 0 Å². The fourth-order valence-corrected chi connectivity index (χ4v) is 13.6. The molecule has 2 aliphatic rings. The van der Waals surface area contributed by atoms with Crippen molar-refractivity contribution in [3.63, 3.8) is 0 Å². The van der Waals surface area contributed by atoms with E-state index in [-0.39, 0.29) is 0 Å². The highest BCUT2D eigenvalue weighted by atomic mass is 14.5. The van der Waals surface area contributed by atoms with Crippen LogP contribution in [0.4, 0.5) is 0 Å². The molecule has 0 bridgehead atoms. The Morgan fingerprint density at radius 1 is 0.181 bits per heavy atom. The molecule has 0 aliphatic heterocycles.